The number of carbonyl (C=O) groups is 3. The van der Waals surface area contributed by atoms with E-state index in [4.69, 9.17) is 14.2 Å². The first-order valence-electron chi connectivity index (χ1n) is 26.9. The van der Waals surface area contributed by atoms with Gasteiger partial charge in [0.2, 0.25) is 0 Å². The Hall–Kier alpha value is -3.93. The van der Waals surface area contributed by atoms with Crippen molar-refractivity contribution in [2.24, 2.45) is 0 Å². The van der Waals surface area contributed by atoms with E-state index in [1.54, 1.807) is 0 Å². The predicted molar refractivity (Wildman–Crippen MR) is 283 cm³/mol. The second kappa shape index (κ2) is 53.7. The largest absolute Gasteiger partial charge is 0.462 e. The highest BCUT2D eigenvalue weighted by Gasteiger charge is 2.19. The zero-order chi connectivity index (χ0) is 47.9. The Balaban J connectivity index is 4.55. The van der Waals surface area contributed by atoms with Crippen molar-refractivity contribution in [2.45, 2.75) is 239 Å². The molecule has 0 spiro atoms. The van der Waals surface area contributed by atoms with Crippen molar-refractivity contribution in [3.05, 3.63) is 109 Å². The van der Waals surface area contributed by atoms with Crippen molar-refractivity contribution in [1.29, 1.82) is 0 Å². The lowest BCUT2D eigenvalue weighted by atomic mass is 10.0. The molecule has 6 heteroatoms. The van der Waals surface area contributed by atoms with Crippen LogP contribution in [0.15, 0.2) is 109 Å². The molecule has 0 aliphatic rings. The van der Waals surface area contributed by atoms with E-state index in [0.29, 0.717) is 19.3 Å². The molecule has 0 unspecified atom stereocenters. The van der Waals surface area contributed by atoms with Crippen LogP contribution in [0.4, 0.5) is 0 Å². The minimum absolute atomic E-state index is 0.116. The van der Waals surface area contributed by atoms with Gasteiger partial charge in [0.05, 0.1) is 0 Å². The molecule has 66 heavy (non-hydrogen) atoms. The Morgan fingerprint density at radius 1 is 0.318 bits per heavy atom. The summed E-state index contributed by atoms with van der Waals surface area (Å²) < 4.78 is 16.7. The first-order valence-corrected chi connectivity index (χ1v) is 26.9. The molecule has 0 aliphatic heterocycles. The second-order valence-corrected chi connectivity index (χ2v) is 17.4. The van der Waals surface area contributed by atoms with Crippen LogP contribution in [0.3, 0.4) is 0 Å². The summed E-state index contributed by atoms with van der Waals surface area (Å²) in [6.45, 7) is 6.40. The summed E-state index contributed by atoms with van der Waals surface area (Å²) in [7, 11) is 0. The fourth-order valence-corrected chi connectivity index (χ4v) is 7.00. The van der Waals surface area contributed by atoms with Gasteiger partial charge in [0.1, 0.15) is 13.2 Å². The molecule has 0 radical (unpaired) electrons. The summed E-state index contributed by atoms with van der Waals surface area (Å²) >= 11 is 0. The van der Waals surface area contributed by atoms with Gasteiger partial charge in [-0.2, -0.15) is 0 Å². The van der Waals surface area contributed by atoms with Crippen LogP contribution in [0.2, 0.25) is 0 Å². The Bertz CT molecular complexity index is 1370. The molecule has 0 N–H and O–H groups in total. The van der Waals surface area contributed by atoms with Gasteiger partial charge in [0.25, 0.3) is 0 Å². The fourth-order valence-electron chi connectivity index (χ4n) is 7.00. The summed E-state index contributed by atoms with van der Waals surface area (Å²) in [5, 5.41) is 0. The molecule has 0 rings (SSSR count). The molecule has 1 atom stereocenters. The third kappa shape index (κ3) is 51.1. The lowest BCUT2D eigenvalue weighted by Crippen LogP contribution is -2.30. The molecule has 0 bridgehead atoms. The highest BCUT2D eigenvalue weighted by molar-refractivity contribution is 5.71. The molecule has 374 valence electrons. The maximum Gasteiger partial charge on any atom is 0.306 e. The monoisotopic (exact) mass is 915 g/mol. The molecule has 0 saturated heterocycles. The van der Waals surface area contributed by atoms with Crippen molar-refractivity contribution < 1.29 is 28.6 Å². The summed E-state index contributed by atoms with van der Waals surface area (Å²) in [5.74, 6) is -1.03. The summed E-state index contributed by atoms with van der Waals surface area (Å²) in [6.07, 6.45) is 72.2. The van der Waals surface area contributed by atoms with E-state index in [-0.39, 0.29) is 31.6 Å². The summed E-state index contributed by atoms with van der Waals surface area (Å²) in [4.78, 5) is 38.0. The van der Waals surface area contributed by atoms with E-state index in [9.17, 15) is 14.4 Å². The molecule has 0 aromatic rings. The van der Waals surface area contributed by atoms with Gasteiger partial charge in [0, 0.05) is 19.3 Å². The number of hydrogen-bond acceptors (Lipinski definition) is 6. The number of unbranched alkanes of at least 4 members (excludes halogenated alkanes) is 18. The van der Waals surface area contributed by atoms with Gasteiger partial charge >= 0.3 is 17.9 Å². The normalized spacial score (nSPS) is 13.0. The number of esters is 3. The molecule has 0 heterocycles. The maximum absolute atomic E-state index is 12.8. The van der Waals surface area contributed by atoms with Crippen LogP contribution in [-0.4, -0.2) is 37.2 Å². The molecule has 6 nitrogen and oxygen atoms in total. The number of rotatable bonds is 47. The minimum Gasteiger partial charge on any atom is -0.462 e. The van der Waals surface area contributed by atoms with Crippen LogP contribution in [-0.2, 0) is 28.6 Å². The summed E-state index contributed by atoms with van der Waals surface area (Å²) in [6, 6.07) is 0. The first kappa shape index (κ1) is 62.1. The maximum atomic E-state index is 12.8. The smallest absolute Gasteiger partial charge is 0.306 e. The molecule has 0 aliphatic carbocycles. The second-order valence-electron chi connectivity index (χ2n) is 17.4. The van der Waals surface area contributed by atoms with E-state index in [1.807, 2.05) is 12.2 Å². The van der Waals surface area contributed by atoms with Gasteiger partial charge in [-0.3, -0.25) is 14.4 Å². The van der Waals surface area contributed by atoms with E-state index >= 15 is 0 Å². The fraction of sp³-hybridized carbons (Fsp3) is 0.650. The SMILES string of the molecule is CC/C=C\C/C=C\C/C=C\C/C=C\C/C=C\C/C=C\CCC(=O)O[C@H](COC(=O)CCCCCC/C=C\C/C=C\C/C=C\CCCCC)COC(=O)CCCCCCCCCCCCCC. The highest BCUT2D eigenvalue weighted by atomic mass is 16.6. The topological polar surface area (TPSA) is 78.9 Å². The Morgan fingerprint density at radius 2 is 0.621 bits per heavy atom. The Kier molecular flexibility index (Phi) is 50.5. The Morgan fingerprint density at radius 3 is 1.02 bits per heavy atom. The van der Waals surface area contributed by atoms with Crippen molar-refractivity contribution in [3.8, 4) is 0 Å². The standard InChI is InChI=1S/C60H98O6/c1-4-7-10-13-16-19-22-25-27-29-30-32-34-36-39-42-45-48-51-54-60(63)66-57(55-64-58(61)52-49-46-43-40-37-24-21-18-15-12-9-6-3)56-65-59(62)53-50-47-44-41-38-35-33-31-28-26-23-20-17-14-11-8-5-2/h7,10,16-17,19-20,25-28,30,32-33,35-36,39,45,48,57H,4-6,8-9,11-15,18,21-24,29,31,34,37-38,40-44,46-47,49-56H2,1-3H3/b10-7-,19-16-,20-17-,27-25-,28-26-,32-30-,35-33-,39-36-,48-45-/t57-/m0/s1. The molecular weight excluding hydrogens is 817 g/mol. The number of carbonyl (C=O) groups excluding carboxylic acids is 3. The van der Waals surface area contributed by atoms with E-state index in [2.05, 4.69) is 118 Å². The van der Waals surface area contributed by atoms with Gasteiger partial charge < -0.3 is 14.2 Å². The van der Waals surface area contributed by atoms with Crippen LogP contribution in [0.5, 0.6) is 0 Å². The van der Waals surface area contributed by atoms with E-state index in [1.165, 1.54) is 83.5 Å². The van der Waals surface area contributed by atoms with Crippen molar-refractivity contribution in [3.63, 3.8) is 0 Å². The zero-order valence-corrected chi connectivity index (χ0v) is 42.7. The molecule has 0 aromatic carbocycles. The number of hydrogen-bond donors (Lipinski definition) is 0. The van der Waals surface area contributed by atoms with Crippen LogP contribution >= 0.6 is 0 Å². The third-order valence-electron chi connectivity index (χ3n) is 11.0. The van der Waals surface area contributed by atoms with Crippen LogP contribution in [0.1, 0.15) is 233 Å². The molecule has 0 amide bonds. The van der Waals surface area contributed by atoms with Gasteiger partial charge in [0.15, 0.2) is 6.10 Å². The minimum atomic E-state index is -0.828. The van der Waals surface area contributed by atoms with Gasteiger partial charge in [-0.05, 0) is 96.3 Å². The highest BCUT2D eigenvalue weighted by Crippen LogP contribution is 2.14. The van der Waals surface area contributed by atoms with E-state index < -0.39 is 12.1 Å². The molecule has 0 fully saturated rings. The van der Waals surface area contributed by atoms with Gasteiger partial charge in [-0.15, -0.1) is 0 Å². The average molecular weight is 915 g/mol. The Labute approximate surface area is 406 Å². The third-order valence-corrected chi connectivity index (χ3v) is 11.0. The van der Waals surface area contributed by atoms with Crippen molar-refractivity contribution >= 4 is 17.9 Å². The van der Waals surface area contributed by atoms with Crippen LogP contribution in [0.25, 0.3) is 0 Å². The summed E-state index contributed by atoms with van der Waals surface area (Å²) in [5.41, 5.74) is 0. The predicted octanol–water partition coefficient (Wildman–Crippen LogP) is 17.9. The van der Waals surface area contributed by atoms with Gasteiger partial charge in [-0.1, -0.05) is 226 Å². The number of allylic oxidation sites excluding steroid dienone is 18. The van der Waals surface area contributed by atoms with Crippen molar-refractivity contribution in [1.82, 2.24) is 0 Å². The molecular formula is C60H98O6. The lowest BCUT2D eigenvalue weighted by Gasteiger charge is -2.18. The molecule has 0 saturated carbocycles. The van der Waals surface area contributed by atoms with E-state index in [0.717, 1.165) is 103 Å². The van der Waals surface area contributed by atoms with Gasteiger partial charge in [-0.25, -0.2) is 0 Å². The lowest BCUT2D eigenvalue weighted by molar-refractivity contribution is -0.166. The quantitative estimate of drug-likeness (QED) is 0.0262. The zero-order valence-electron chi connectivity index (χ0n) is 42.7. The van der Waals surface area contributed by atoms with Crippen molar-refractivity contribution in [2.75, 3.05) is 13.2 Å². The van der Waals surface area contributed by atoms with Crippen LogP contribution in [0, 0.1) is 0 Å². The van der Waals surface area contributed by atoms with Crippen LogP contribution < -0.4 is 0 Å². The number of ether oxygens (including phenoxy) is 3. The average Bonchev–Trinajstić information content (AvgIpc) is 3.31. The first-order chi connectivity index (χ1) is 32.5. The molecule has 0 aromatic heterocycles.